The maximum atomic E-state index is 12.9. The third-order valence-electron chi connectivity index (χ3n) is 4.69. The minimum absolute atomic E-state index is 0.213. The monoisotopic (exact) mass is 363 g/mol. The first kappa shape index (κ1) is 17.3. The predicted octanol–water partition coefficient (Wildman–Crippen LogP) is 3.51. The van der Waals surface area contributed by atoms with Crippen LogP contribution in [0.1, 0.15) is 18.5 Å². The number of fused-ring (bicyclic) bond motifs is 3. The van der Waals surface area contributed by atoms with Crippen molar-refractivity contribution in [2.24, 2.45) is 0 Å². The fraction of sp³-hybridized carbons (Fsp3) is 0.238. The fourth-order valence-electron chi connectivity index (χ4n) is 3.47. The van der Waals surface area contributed by atoms with Crippen molar-refractivity contribution >= 4 is 23.0 Å². The lowest BCUT2D eigenvalue weighted by molar-refractivity contribution is -0.140. The number of methoxy groups -OCH3 is 1. The van der Waals surface area contributed by atoms with Crippen molar-refractivity contribution in [2.75, 3.05) is 25.6 Å². The zero-order chi connectivity index (χ0) is 18.8. The van der Waals surface area contributed by atoms with Crippen LogP contribution in [0.25, 0.3) is 11.0 Å². The number of esters is 1. The summed E-state index contributed by atoms with van der Waals surface area (Å²) < 4.78 is 12.5. The molecule has 0 bridgehead atoms. The number of hydrogen-bond acceptors (Lipinski definition) is 5. The van der Waals surface area contributed by atoms with Crippen molar-refractivity contribution < 1.29 is 14.3 Å². The molecule has 6 nitrogen and oxygen atoms in total. The van der Waals surface area contributed by atoms with Gasteiger partial charge < -0.3 is 14.8 Å². The zero-order valence-corrected chi connectivity index (χ0v) is 15.3. The first-order valence-electron chi connectivity index (χ1n) is 8.86. The number of rotatable bonds is 5. The van der Waals surface area contributed by atoms with Crippen LogP contribution in [0.15, 0.2) is 65.9 Å². The van der Waals surface area contributed by atoms with E-state index in [1.807, 2.05) is 61.5 Å². The molecule has 0 spiro atoms. The molecule has 138 valence electrons. The van der Waals surface area contributed by atoms with Crippen LogP contribution in [0, 0.1) is 0 Å². The molecule has 27 heavy (non-hydrogen) atoms. The molecule has 1 aromatic heterocycles. The summed E-state index contributed by atoms with van der Waals surface area (Å²) in [5, 5.41) is 3.27. The summed E-state index contributed by atoms with van der Waals surface area (Å²) in [4.78, 5) is 17.6. The molecule has 6 heteroatoms. The number of allylic oxidation sites excluding steroid dienone is 1. The topological polar surface area (TPSA) is 65.4 Å². The minimum atomic E-state index is -0.352. The SMILES string of the molecule is COCCOC(=O)C1=C(C)Nc2nc3ccccc3n2[C@H]1c1ccccc1. The number of benzene rings is 2. The van der Waals surface area contributed by atoms with Gasteiger partial charge in [-0.15, -0.1) is 0 Å². The number of hydrogen-bond donors (Lipinski definition) is 1. The molecule has 0 unspecified atom stereocenters. The zero-order valence-electron chi connectivity index (χ0n) is 15.3. The minimum Gasteiger partial charge on any atom is -0.460 e. The largest absolute Gasteiger partial charge is 0.460 e. The Bertz CT molecular complexity index is 1010. The fourth-order valence-corrected chi connectivity index (χ4v) is 3.47. The molecule has 1 aliphatic rings. The summed E-state index contributed by atoms with van der Waals surface area (Å²) in [6.07, 6.45) is 0. The lowest BCUT2D eigenvalue weighted by Gasteiger charge is -2.30. The van der Waals surface area contributed by atoms with Crippen LogP contribution in [-0.2, 0) is 14.3 Å². The Kier molecular flexibility index (Phi) is 4.64. The maximum Gasteiger partial charge on any atom is 0.338 e. The van der Waals surface area contributed by atoms with Gasteiger partial charge >= 0.3 is 5.97 Å². The van der Waals surface area contributed by atoms with Gasteiger partial charge in [-0.25, -0.2) is 9.78 Å². The van der Waals surface area contributed by atoms with Gasteiger partial charge in [0.05, 0.1) is 29.3 Å². The van der Waals surface area contributed by atoms with Crippen molar-refractivity contribution in [3.05, 3.63) is 71.4 Å². The number of imidazole rings is 1. The number of aromatic nitrogens is 2. The summed E-state index contributed by atoms with van der Waals surface area (Å²) in [5.74, 6) is 0.366. The molecule has 1 N–H and O–H groups in total. The van der Waals surface area contributed by atoms with Crippen LogP contribution in [0.2, 0.25) is 0 Å². The number of nitrogens with one attached hydrogen (secondary N) is 1. The van der Waals surface area contributed by atoms with Crippen molar-refractivity contribution in [2.45, 2.75) is 13.0 Å². The number of para-hydroxylation sites is 2. The van der Waals surface area contributed by atoms with Gasteiger partial charge in [-0.2, -0.15) is 0 Å². The highest BCUT2D eigenvalue weighted by molar-refractivity contribution is 5.94. The van der Waals surface area contributed by atoms with Crippen LogP contribution in [-0.4, -0.2) is 35.8 Å². The van der Waals surface area contributed by atoms with E-state index in [0.717, 1.165) is 28.2 Å². The van der Waals surface area contributed by atoms with Gasteiger partial charge in [0, 0.05) is 12.8 Å². The highest BCUT2D eigenvalue weighted by Crippen LogP contribution is 2.39. The molecular weight excluding hydrogens is 342 g/mol. The molecule has 3 aromatic rings. The van der Waals surface area contributed by atoms with E-state index in [0.29, 0.717) is 12.2 Å². The molecule has 0 fully saturated rings. The Balaban J connectivity index is 1.86. The predicted molar refractivity (Wildman–Crippen MR) is 103 cm³/mol. The molecule has 2 aromatic carbocycles. The number of carbonyl (C=O) groups is 1. The van der Waals surface area contributed by atoms with Crippen LogP contribution in [0.4, 0.5) is 5.95 Å². The van der Waals surface area contributed by atoms with Crippen molar-refractivity contribution in [1.82, 2.24) is 9.55 Å². The highest BCUT2D eigenvalue weighted by atomic mass is 16.6. The molecule has 0 radical (unpaired) electrons. The van der Waals surface area contributed by atoms with E-state index in [2.05, 4.69) is 9.88 Å². The Labute approximate surface area is 157 Å². The molecule has 2 heterocycles. The van der Waals surface area contributed by atoms with E-state index in [4.69, 9.17) is 14.5 Å². The van der Waals surface area contributed by atoms with Gasteiger partial charge in [-0.3, -0.25) is 4.57 Å². The maximum absolute atomic E-state index is 12.9. The second kappa shape index (κ2) is 7.25. The molecule has 0 amide bonds. The molecule has 1 atom stereocenters. The third kappa shape index (κ3) is 3.08. The van der Waals surface area contributed by atoms with Crippen molar-refractivity contribution in [3.8, 4) is 0 Å². The average Bonchev–Trinajstić information content (AvgIpc) is 3.05. The highest BCUT2D eigenvalue weighted by Gasteiger charge is 2.34. The average molecular weight is 363 g/mol. The number of anilines is 1. The first-order valence-corrected chi connectivity index (χ1v) is 8.86. The Morgan fingerprint density at radius 3 is 2.63 bits per heavy atom. The molecule has 0 saturated heterocycles. The van der Waals surface area contributed by atoms with Crippen LogP contribution < -0.4 is 5.32 Å². The lowest BCUT2D eigenvalue weighted by Crippen LogP contribution is -2.29. The quantitative estimate of drug-likeness (QED) is 0.555. The van der Waals surface area contributed by atoms with Gasteiger partial charge in [0.15, 0.2) is 0 Å². The van der Waals surface area contributed by atoms with Crippen LogP contribution in [0.5, 0.6) is 0 Å². The van der Waals surface area contributed by atoms with Crippen LogP contribution >= 0.6 is 0 Å². The second-order valence-corrected chi connectivity index (χ2v) is 6.40. The molecule has 4 rings (SSSR count). The standard InChI is InChI=1S/C21H21N3O3/c1-14-18(20(25)27-13-12-26-2)19(15-8-4-3-5-9-15)24-17-11-7-6-10-16(17)23-21(24)22-14/h3-11,19H,12-13H2,1-2H3,(H,22,23)/t19-/m0/s1. The number of carbonyl (C=O) groups excluding carboxylic acids is 1. The summed E-state index contributed by atoms with van der Waals surface area (Å²) in [5.41, 5.74) is 4.16. The summed E-state index contributed by atoms with van der Waals surface area (Å²) >= 11 is 0. The molecular formula is C21H21N3O3. The van der Waals surface area contributed by atoms with E-state index in [-0.39, 0.29) is 18.6 Å². The normalized spacial score (nSPS) is 16.1. The number of nitrogens with zero attached hydrogens (tertiary/aromatic N) is 2. The van der Waals surface area contributed by atoms with Gasteiger partial charge in [0.1, 0.15) is 6.61 Å². The van der Waals surface area contributed by atoms with Crippen molar-refractivity contribution in [1.29, 1.82) is 0 Å². The first-order chi connectivity index (χ1) is 13.2. The van der Waals surface area contributed by atoms with E-state index >= 15 is 0 Å². The van der Waals surface area contributed by atoms with E-state index < -0.39 is 0 Å². The Morgan fingerprint density at radius 1 is 1.11 bits per heavy atom. The smallest absolute Gasteiger partial charge is 0.338 e. The Hall–Kier alpha value is -3.12. The molecule has 1 aliphatic heterocycles. The van der Waals surface area contributed by atoms with Gasteiger partial charge in [0.2, 0.25) is 5.95 Å². The second-order valence-electron chi connectivity index (χ2n) is 6.40. The van der Waals surface area contributed by atoms with E-state index in [1.54, 1.807) is 7.11 Å². The van der Waals surface area contributed by atoms with E-state index in [9.17, 15) is 4.79 Å². The van der Waals surface area contributed by atoms with Crippen LogP contribution in [0.3, 0.4) is 0 Å². The van der Waals surface area contributed by atoms with Gasteiger partial charge in [-0.1, -0.05) is 42.5 Å². The summed E-state index contributed by atoms with van der Waals surface area (Å²) in [6.45, 7) is 2.46. The molecule has 0 saturated carbocycles. The van der Waals surface area contributed by atoms with E-state index in [1.165, 1.54) is 0 Å². The lowest BCUT2D eigenvalue weighted by atomic mass is 9.95. The Morgan fingerprint density at radius 2 is 1.85 bits per heavy atom. The number of ether oxygens (including phenoxy) is 2. The van der Waals surface area contributed by atoms with Gasteiger partial charge in [-0.05, 0) is 24.6 Å². The van der Waals surface area contributed by atoms with Crippen molar-refractivity contribution in [3.63, 3.8) is 0 Å². The third-order valence-corrected chi connectivity index (χ3v) is 4.69. The summed E-state index contributed by atoms with van der Waals surface area (Å²) in [7, 11) is 1.58. The molecule has 0 aliphatic carbocycles. The summed E-state index contributed by atoms with van der Waals surface area (Å²) in [6, 6.07) is 17.5. The van der Waals surface area contributed by atoms with Gasteiger partial charge in [0.25, 0.3) is 0 Å².